The van der Waals surface area contributed by atoms with Crippen molar-refractivity contribution >= 4 is 0 Å². The van der Waals surface area contributed by atoms with Gasteiger partial charge in [-0.05, 0) is 66.9 Å². The Kier molecular flexibility index (Phi) is 6.40. The van der Waals surface area contributed by atoms with Crippen molar-refractivity contribution in [3.05, 3.63) is 69.5 Å². The van der Waals surface area contributed by atoms with Crippen LogP contribution < -0.4 is 0 Å². The molecule has 0 spiro atoms. The largest absolute Gasteiger partial charge is 0.493 e. The molecule has 4 rings (SSSR count). The van der Waals surface area contributed by atoms with Crippen molar-refractivity contribution in [1.82, 2.24) is 0 Å². The Bertz CT molecular complexity index is 1030. The van der Waals surface area contributed by atoms with Gasteiger partial charge < -0.3 is 4.74 Å². The first kappa shape index (κ1) is 21.9. The van der Waals surface area contributed by atoms with E-state index in [1.807, 2.05) is 6.92 Å². The topological polar surface area (TPSA) is 9.23 Å². The van der Waals surface area contributed by atoms with E-state index in [9.17, 15) is 8.78 Å². The zero-order chi connectivity index (χ0) is 22.1. The number of halogens is 4. The number of rotatable bonds is 7. The average molecular weight is 433 g/mol. The van der Waals surface area contributed by atoms with Crippen molar-refractivity contribution in [2.24, 2.45) is 0 Å². The first-order valence-corrected chi connectivity index (χ1v) is 11.3. The first-order valence-electron chi connectivity index (χ1n) is 11.3. The summed E-state index contributed by atoms with van der Waals surface area (Å²) in [6.45, 7) is 4.03. The van der Waals surface area contributed by atoms with Gasteiger partial charge in [0.1, 0.15) is 6.10 Å². The molecule has 31 heavy (non-hydrogen) atoms. The molecule has 166 valence electrons. The fourth-order valence-corrected chi connectivity index (χ4v) is 4.78. The molecular formula is C26H28F4O. The lowest BCUT2D eigenvalue weighted by Gasteiger charge is -2.25. The van der Waals surface area contributed by atoms with Gasteiger partial charge in [0.15, 0.2) is 23.3 Å². The van der Waals surface area contributed by atoms with Gasteiger partial charge in [-0.1, -0.05) is 39.2 Å². The van der Waals surface area contributed by atoms with Crippen molar-refractivity contribution in [3.8, 4) is 11.1 Å². The van der Waals surface area contributed by atoms with Gasteiger partial charge >= 0.3 is 0 Å². The van der Waals surface area contributed by atoms with E-state index in [4.69, 9.17) is 4.74 Å². The lowest BCUT2D eigenvalue weighted by molar-refractivity contribution is 0.115. The summed E-state index contributed by atoms with van der Waals surface area (Å²) >= 11 is 0. The van der Waals surface area contributed by atoms with Crippen molar-refractivity contribution in [2.45, 2.75) is 77.7 Å². The summed E-state index contributed by atoms with van der Waals surface area (Å²) in [4.78, 5) is 0. The lowest BCUT2D eigenvalue weighted by Crippen LogP contribution is -2.11. The Labute approximate surface area is 181 Å². The van der Waals surface area contributed by atoms with E-state index >= 15 is 8.78 Å². The molecule has 1 unspecified atom stereocenters. The number of benzene rings is 2. The maximum absolute atomic E-state index is 15.1. The molecule has 1 aliphatic carbocycles. The Balaban J connectivity index is 1.65. The quantitative estimate of drug-likeness (QED) is 0.271. The molecule has 0 radical (unpaired) electrons. The minimum atomic E-state index is -1.12. The number of fused-ring (bicyclic) bond motifs is 3. The molecule has 1 aliphatic heterocycles. The molecule has 0 N–H and O–H groups in total. The maximum atomic E-state index is 15.1. The summed E-state index contributed by atoms with van der Waals surface area (Å²) in [5.74, 6) is -4.20. The van der Waals surface area contributed by atoms with Gasteiger partial charge in [0.05, 0.1) is 6.26 Å². The van der Waals surface area contributed by atoms with Crippen LogP contribution in [0.25, 0.3) is 11.1 Å². The van der Waals surface area contributed by atoms with E-state index in [0.29, 0.717) is 30.4 Å². The summed E-state index contributed by atoms with van der Waals surface area (Å²) in [6, 6.07) is 3.17. The SMILES string of the molecule is CCCCCC1=COC(c2cc3c(c(F)c2F)-c2c(cc(CCC)c(F)c2F)C3)CC1. The summed E-state index contributed by atoms with van der Waals surface area (Å²) in [5.41, 5.74) is 2.33. The average Bonchev–Trinajstić information content (AvgIpc) is 3.14. The predicted octanol–water partition coefficient (Wildman–Crippen LogP) is 8.08. The summed E-state index contributed by atoms with van der Waals surface area (Å²) < 4.78 is 65.2. The third kappa shape index (κ3) is 3.99. The highest BCUT2D eigenvalue weighted by Crippen LogP contribution is 2.45. The number of hydrogen-bond donors (Lipinski definition) is 0. The number of hydrogen-bond acceptors (Lipinski definition) is 1. The second-order valence-electron chi connectivity index (χ2n) is 8.65. The van der Waals surface area contributed by atoms with Crippen LogP contribution in [0.3, 0.4) is 0 Å². The third-order valence-electron chi connectivity index (χ3n) is 6.41. The van der Waals surface area contributed by atoms with Gasteiger partial charge in [0.25, 0.3) is 0 Å². The van der Waals surface area contributed by atoms with Gasteiger partial charge in [-0.25, -0.2) is 17.6 Å². The normalized spacial score (nSPS) is 17.2. The molecule has 1 heterocycles. The molecule has 1 nitrogen and oxygen atoms in total. The van der Waals surface area contributed by atoms with Gasteiger partial charge in [-0.2, -0.15) is 0 Å². The number of unbranched alkanes of at least 4 members (excludes halogenated alkanes) is 2. The van der Waals surface area contributed by atoms with E-state index in [1.165, 1.54) is 5.57 Å². The molecule has 5 heteroatoms. The van der Waals surface area contributed by atoms with Crippen LogP contribution in [0.2, 0.25) is 0 Å². The highest BCUT2D eigenvalue weighted by Gasteiger charge is 2.33. The Hall–Kier alpha value is -2.30. The molecule has 2 aromatic carbocycles. The van der Waals surface area contributed by atoms with Crippen LogP contribution >= 0.6 is 0 Å². The molecule has 0 amide bonds. The van der Waals surface area contributed by atoms with E-state index in [1.54, 1.807) is 18.4 Å². The molecule has 0 bridgehead atoms. The van der Waals surface area contributed by atoms with E-state index in [0.717, 1.165) is 32.1 Å². The van der Waals surface area contributed by atoms with Gasteiger partial charge in [-0.15, -0.1) is 0 Å². The van der Waals surface area contributed by atoms with Crippen molar-refractivity contribution in [2.75, 3.05) is 0 Å². The molecule has 0 saturated heterocycles. The fraction of sp³-hybridized carbons (Fsp3) is 0.462. The fourth-order valence-electron chi connectivity index (χ4n) is 4.78. The predicted molar refractivity (Wildman–Crippen MR) is 114 cm³/mol. The number of aryl methyl sites for hydroxylation is 1. The smallest absolute Gasteiger partial charge is 0.167 e. The van der Waals surface area contributed by atoms with E-state index in [2.05, 4.69) is 6.92 Å². The molecular weight excluding hydrogens is 404 g/mol. The lowest BCUT2D eigenvalue weighted by atomic mass is 9.93. The van der Waals surface area contributed by atoms with Crippen LogP contribution in [-0.4, -0.2) is 0 Å². The maximum Gasteiger partial charge on any atom is 0.167 e. The van der Waals surface area contributed by atoms with Crippen LogP contribution in [0.5, 0.6) is 0 Å². The van der Waals surface area contributed by atoms with Crippen LogP contribution in [-0.2, 0) is 17.6 Å². The Morgan fingerprint density at radius 2 is 1.55 bits per heavy atom. The van der Waals surface area contributed by atoms with Crippen LogP contribution in [0.1, 0.15) is 87.2 Å². The summed E-state index contributed by atoms with van der Waals surface area (Å²) in [6.07, 6.45) is 8.15. The minimum Gasteiger partial charge on any atom is -0.493 e. The Morgan fingerprint density at radius 3 is 2.19 bits per heavy atom. The number of allylic oxidation sites excluding steroid dienone is 1. The zero-order valence-corrected chi connectivity index (χ0v) is 18.1. The molecule has 2 aliphatic rings. The third-order valence-corrected chi connectivity index (χ3v) is 6.41. The first-order chi connectivity index (χ1) is 15.0. The standard InChI is InChI=1S/C26H28F4O/c1-3-5-6-8-15-9-10-20(31-14-15)19-13-18-12-17-11-16(7-4-2)23(27)25(29)21(17)22(18)26(30)24(19)28/h11,13-14,20H,3-10,12H2,1-2H3. The second kappa shape index (κ2) is 9.05. The molecule has 2 aromatic rings. The second-order valence-corrected chi connectivity index (χ2v) is 8.65. The zero-order valence-electron chi connectivity index (χ0n) is 18.1. The van der Waals surface area contributed by atoms with Gasteiger partial charge in [0, 0.05) is 16.7 Å². The van der Waals surface area contributed by atoms with E-state index in [-0.39, 0.29) is 28.7 Å². The monoisotopic (exact) mass is 432 g/mol. The highest BCUT2D eigenvalue weighted by atomic mass is 19.2. The summed E-state index contributed by atoms with van der Waals surface area (Å²) in [7, 11) is 0. The Morgan fingerprint density at radius 1 is 0.839 bits per heavy atom. The van der Waals surface area contributed by atoms with Crippen LogP contribution in [0.15, 0.2) is 24.0 Å². The summed E-state index contributed by atoms with van der Waals surface area (Å²) in [5, 5.41) is 0. The van der Waals surface area contributed by atoms with Gasteiger partial charge in [-0.3, -0.25) is 0 Å². The van der Waals surface area contributed by atoms with E-state index < -0.39 is 29.4 Å². The molecule has 0 fully saturated rings. The molecule has 0 aromatic heterocycles. The van der Waals surface area contributed by atoms with Crippen LogP contribution in [0.4, 0.5) is 17.6 Å². The van der Waals surface area contributed by atoms with Gasteiger partial charge in [0.2, 0.25) is 0 Å². The minimum absolute atomic E-state index is 0.141. The van der Waals surface area contributed by atoms with Crippen LogP contribution in [0, 0.1) is 23.3 Å². The highest BCUT2D eigenvalue weighted by molar-refractivity contribution is 5.79. The molecule has 1 atom stereocenters. The van der Waals surface area contributed by atoms with Crippen molar-refractivity contribution < 1.29 is 22.3 Å². The number of ether oxygens (including phenoxy) is 1. The van der Waals surface area contributed by atoms with Crippen molar-refractivity contribution in [3.63, 3.8) is 0 Å². The van der Waals surface area contributed by atoms with Crippen molar-refractivity contribution in [1.29, 1.82) is 0 Å². The molecule has 0 saturated carbocycles.